The number of nitriles is 1. The van der Waals surface area contributed by atoms with Crippen LogP contribution < -0.4 is 15.6 Å². The fraction of sp³-hybridized carbons (Fsp3) is 0.333. The van der Waals surface area contributed by atoms with E-state index in [9.17, 15) is 14.9 Å². The number of H-pyrrole nitrogens is 1. The number of anilines is 1. The van der Waals surface area contributed by atoms with Crippen molar-refractivity contribution in [3.05, 3.63) is 45.2 Å². The third-order valence-electron chi connectivity index (χ3n) is 4.45. The van der Waals surface area contributed by atoms with E-state index >= 15 is 0 Å². The van der Waals surface area contributed by atoms with Gasteiger partial charge in [-0.2, -0.15) is 5.26 Å². The molecule has 0 aliphatic carbocycles. The largest absolute Gasteiger partial charge is 0.497 e. The van der Waals surface area contributed by atoms with Crippen LogP contribution in [0.25, 0.3) is 11.3 Å². The van der Waals surface area contributed by atoms with Crippen LogP contribution >= 0.6 is 23.1 Å². The molecule has 3 rings (SSSR count). The Morgan fingerprint density at radius 2 is 2.03 bits per heavy atom. The molecule has 2 N–H and O–H groups in total. The lowest BCUT2D eigenvalue weighted by molar-refractivity contribution is -0.115. The number of hydrogen-bond acceptors (Lipinski definition) is 9. The molecule has 2 heterocycles. The highest BCUT2D eigenvalue weighted by Crippen LogP contribution is 2.28. The zero-order valence-corrected chi connectivity index (χ0v) is 19.6. The molecule has 3 aromatic rings. The standard InChI is InChI=1S/C21H22N6O3S2/c1-5-15(18(29)25-21-27-26-19(32-21)11(2)3)31-20-23-16(14(10-22)17(28)24-20)12-6-8-13(30-4)9-7-12/h6-9,11,15H,5H2,1-4H3,(H,23,24,28)(H,25,27,29)/t15-/m0/s1. The number of thioether (sulfide) groups is 1. The second-order valence-electron chi connectivity index (χ2n) is 7.04. The minimum absolute atomic E-state index is 0.0907. The summed E-state index contributed by atoms with van der Waals surface area (Å²) in [6, 6.07) is 8.81. The number of nitrogens with zero attached hydrogens (tertiary/aromatic N) is 4. The molecule has 2 aromatic heterocycles. The third-order valence-corrected chi connectivity index (χ3v) is 6.84. The van der Waals surface area contributed by atoms with E-state index in [4.69, 9.17) is 4.74 Å². The summed E-state index contributed by atoms with van der Waals surface area (Å²) in [6.45, 7) is 5.87. The van der Waals surface area contributed by atoms with Gasteiger partial charge in [-0.15, -0.1) is 10.2 Å². The van der Waals surface area contributed by atoms with Crippen LogP contribution in [0.2, 0.25) is 0 Å². The molecule has 1 aromatic carbocycles. The first-order chi connectivity index (χ1) is 15.4. The van der Waals surface area contributed by atoms with Crippen molar-refractivity contribution in [1.82, 2.24) is 20.2 Å². The summed E-state index contributed by atoms with van der Waals surface area (Å²) in [7, 11) is 1.55. The number of aromatic amines is 1. The Morgan fingerprint density at radius 3 is 2.59 bits per heavy atom. The Morgan fingerprint density at radius 1 is 1.31 bits per heavy atom. The van der Waals surface area contributed by atoms with Crippen LogP contribution in [0.1, 0.15) is 43.7 Å². The van der Waals surface area contributed by atoms with Crippen molar-refractivity contribution in [1.29, 1.82) is 5.26 Å². The summed E-state index contributed by atoms with van der Waals surface area (Å²) in [6.07, 6.45) is 0.494. The zero-order chi connectivity index (χ0) is 23.3. The molecule has 0 fully saturated rings. The van der Waals surface area contributed by atoms with E-state index in [2.05, 4.69) is 25.5 Å². The number of hydrogen-bond donors (Lipinski definition) is 2. The quantitative estimate of drug-likeness (QED) is 0.375. The van der Waals surface area contributed by atoms with E-state index in [1.807, 2.05) is 26.8 Å². The van der Waals surface area contributed by atoms with Gasteiger partial charge >= 0.3 is 0 Å². The fourth-order valence-corrected chi connectivity index (χ4v) is 4.38. The first-order valence-corrected chi connectivity index (χ1v) is 11.6. The molecule has 9 nitrogen and oxygen atoms in total. The number of methoxy groups -OCH3 is 1. The molecular formula is C21H22N6O3S2. The van der Waals surface area contributed by atoms with Crippen LogP contribution in [0.15, 0.2) is 34.2 Å². The molecule has 0 radical (unpaired) electrons. The fourth-order valence-electron chi connectivity index (χ4n) is 2.73. The van der Waals surface area contributed by atoms with Crippen molar-refractivity contribution in [3.63, 3.8) is 0 Å². The lowest BCUT2D eigenvalue weighted by Gasteiger charge is -2.13. The summed E-state index contributed by atoms with van der Waals surface area (Å²) in [5, 5.41) is 21.3. The van der Waals surface area contributed by atoms with E-state index in [0.717, 1.165) is 16.8 Å². The van der Waals surface area contributed by atoms with Crippen molar-refractivity contribution in [2.24, 2.45) is 0 Å². The summed E-state index contributed by atoms with van der Waals surface area (Å²) < 4.78 is 5.16. The van der Waals surface area contributed by atoms with Crippen molar-refractivity contribution < 1.29 is 9.53 Å². The number of carbonyl (C=O) groups excluding carboxylic acids is 1. The van der Waals surface area contributed by atoms with Crippen LogP contribution in [0, 0.1) is 11.3 Å². The van der Waals surface area contributed by atoms with Gasteiger partial charge in [-0.25, -0.2) is 4.98 Å². The summed E-state index contributed by atoms with van der Waals surface area (Å²) >= 11 is 2.45. The van der Waals surface area contributed by atoms with Crippen LogP contribution in [0.3, 0.4) is 0 Å². The second kappa shape index (κ2) is 10.4. The minimum atomic E-state index is -0.559. The highest BCUT2D eigenvalue weighted by Gasteiger charge is 2.23. The van der Waals surface area contributed by atoms with Gasteiger partial charge in [0.1, 0.15) is 22.4 Å². The van der Waals surface area contributed by atoms with E-state index in [0.29, 0.717) is 22.9 Å². The number of amides is 1. The van der Waals surface area contributed by atoms with Gasteiger partial charge in [0.15, 0.2) is 5.16 Å². The van der Waals surface area contributed by atoms with Crippen molar-refractivity contribution in [2.75, 3.05) is 12.4 Å². The molecule has 0 saturated heterocycles. The first kappa shape index (κ1) is 23.4. The molecule has 32 heavy (non-hydrogen) atoms. The molecule has 1 atom stereocenters. The van der Waals surface area contributed by atoms with E-state index in [-0.39, 0.29) is 28.2 Å². The number of nitrogens with one attached hydrogen (secondary N) is 2. The highest BCUT2D eigenvalue weighted by atomic mass is 32.2. The minimum Gasteiger partial charge on any atom is -0.497 e. The van der Waals surface area contributed by atoms with E-state index in [1.165, 1.54) is 11.3 Å². The molecule has 0 unspecified atom stereocenters. The topological polar surface area (TPSA) is 134 Å². The lowest BCUT2D eigenvalue weighted by atomic mass is 10.1. The predicted molar refractivity (Wildman–Crippen MR) is 124 cm³/mol. The normalized spacial score (nSPS) is 11.8. The van der Waals surface area contributed by atoms with Gasteiger partial charge in [0.05, 0.1) is 18.1 Å². The highest BCUT2D eigenvalue weighted by molar-refractivity contribution is 8.00. The molecule has 1 amide bonds. The van der Waals surface area contributed by atoms with Crippen molar-refractivity contribution >= 4 is 34.1 Å². The monoisotopic (exact) mass is 470 g/mol. The Labute approximate surface area is 193 Å². The average molecular weight is 471 g/mol. The van der Waals surface area contributed by atoms with Crippen LogP contribution in [-0.2, 0) is 4.79 Å². The Hall–Kier alpha value is -3.23. The maximum Gasteiger partial charge on any atom is 0.270 e. The van der Waals surface area contributed by atoms with Gasteiger partial charge in [-0.1, -0.05) is 43.9 Å². The van der Waals surface area contributed by atoms with E-state index < -0.39 is 10.8 Å². The smallest absolute Gasteiger partial charge is 0.270 e. The zero-order valence-electron chi connectivity index (χ0n) is 18.0. The first-order valence-electron chi connectivity index (χ1n) is 9.86. The maximum absolute atomic E-state index is 12.8. The predicted octanol–water partition coefficient (Wildman–Crippen LogP) is 3.80. The van der Waals surface area contributed by atoms with Gasteiger partial charge in [-0.3, -0.25) is 14.9 Å². The number of aromatic nitrogens is 4. The molecule has 0 aliphatic rings. The number of benzene rings is 1. The number of carbonyl (C=O) groups is 1. The van der Waals surface area contributed by atoms with Gasteiger partial charge in [0.2, 0.25) is 11.0 Å². The molecule has 0 saturated carbocycles. The van der Waals surface area contributed by atoms with Crippen LogP contribution in [0.4, 0.5) is 5.13 Å². The number of ether oxygens (including phenoxy) is 1. The number of rotatable bonds is 8. The molecular weight excluding hydrogens is 448 g/mol. The summed E-state index contributed by atoms with van der Waals surface area (Å²) in [4.78, 5) is 32.4. The van der Waals surface area contributed by atoms with Gasteiger partial charge in [-0.05, 0) is 30.7 Å². The van der Waals surface area contributed by atoms with Gasteiger partial charge < -0.3 is 9.72 Å². The summed E-state index contributed by atoms with van der Waals surface area (Å²) in [5.41, 5.74) is 0.203. The molecule has 166 valence electrons. The maximum atomic E-state index is 12.8. The summed E-state index contributed by atoms with van der Waals surface area (Å²) in [5.74, 6) is 0.604. The Balaban J connectivity index is 1.85. The SMILES string of the molecule is CC[C@H](Sc1nc(-c2ccc(OC)cc2)c(C#N)c(=O)[nH]1)C(=O)Nc1nnc(C(C)C)s1. The van der Waals surface area contributed by atoms with Crippen LogP contribution in [-0.4, -0.2) is 38.4 Å². The van der Waals surface area contributed by atoms with Crippen LogP contribution in [0.5, 0.6) is 5.75 Å². The van der Waals surface area contributed by atoms with Gasteiger partial charge in [0.25, 0.3) is 5.56 Å². The van der Waals surface area contributed by atoms with E-state index in [1.54, 1.807) is 31.4 Å². The Kier molecular flexibility index (Phi) is 7.61. The second-order valence-corrected chi connectivity index (χ2v) is 9.24. The molecule has 0 aliphatic heterocycles. The molecule has 11 heteroatoms. The molecule has 0 bridgehead atoms. The lowest BCUT2D eigenvalue weighted by Crippen LogP contribution is -2.25. The molecule has 0 spiro atoms. The Bertz CT molecular complexity index is 1200. The third kappa shape index (κ3) is 5.33. The average Bonchev–Trinajstić information content (AvgIpc) is 3.26. The van der Waals surface area contributed by atoms with Gasteiger partial charge in [0, 0.05) is 11.5 Å². The van der Waals surface area contributed by atoms with Crippen molar-refractivity contribution in [3.8, 4) is 23.1 Å². The van der Waals surface area contributed by atoms with Crippen molar-refractivity contribution in [2.45, 2.75) is 43.5 Å².